The van der Waals surface area contributed by atoms with Crippen molar-refractivity contribution in [1.29, 1.82) is 0 Å². The van der Waals surface area contributed by atoms with E-state index in [2.05, 4.69) is 36.9 Å². The smallest absolute Gasteiger partial charge is 0.347 e. The van der Waals surface area contributed by atoms with Gasteiger partial charge in [0.2, 0.25) is 0 Å². The molecule has 1 N–H and O–H groups in total. The number of aromatic carboxylic acids is 1. The van der Waals surface area contributed by atoms with Crippen molar-refractivity contribution in [2.24, 2.45) is 0 Å². The van der Waals surface area contributed by atoms with E-state index in [1.54, 1.807) is 0 Å². The summed E-state index contributed by atoms with van der Waals surface area (Å²) in [7, 11) is 0. The Kier molecular flexibility index (Phi) is 8.06. The van der Waals surface area contributed by atoms with E-state index in [1.807, 2.05) is 12.2 Å². The van der Waals surface area contributed by atoms with E-state index in [0.717, 1.165) is 49.6 Å². The first-order valence-electron chi connectivity index (χ1n) is 7.74. The second-order valence-electron chi connectivity index (χ2n) is 5.23. The van der Waals surface area contributed by atoms with Gasteiger partial charge in [0.25, 0.3) is 0 Å². The fraction of sp³-hybridized carbons (Fsp3) is 0.529. The van der Waals surface area contributed by atoms with E-state index in [-0.39, 0.29) is 5.92 Å². The average molecular weight is 322 g/mol. The van der Waals surface area contributed by atoms with Crippen LogP contribution in [-0.4, -0.2) is 40.6 Å². The van der Waals surface area contributed by atoms with Gasteiger partial charge >= 0.3 is 5.97 Å². The van der Waals surface area contributed by atoms with Gasteiger partial charge in [-0.05, 0) is 12.8 Å². The third kappa shape index (κ3) is 5.07. The molecule has 0 atom stereocenters. The van der Waals surface area contributed by atoms with E-state index in [4.69, 9.17) is 0 Å². The topological polar surface area (TPSA) is 53.4 Å². The maximum Gasteiger partial charge on any atom is 0.347 e. The van der Waals surface area contributed by atoms with Crippen molar-refractivity contribution in [3.05, 3.63) is 40.9 Å². The Morgan fingerprint density at radius 2 is 1.91 bits per heavy atom. The molecule has 5 heteroatoms. The van der Waals surface area contributed by atoms with E-state index in [0.29, 0.717) is 4.88 Å². The molecule has 0 aliphatic heterocycles. The summed E-state index contributed by atoms with van der Waals surface area (Å²) in [6.45, 7) is 14.1. The van der Waals surface area contributed by atoms with Crippen molar-refractivity contribution in [2.75, 3.05) is 19.6 Å². The van der Waals surface area contributed by atoms with Crippen molar-refractivity contribution >= 4 is 17.3 Å². The second-order valence-corrected chi connectivity index (χ2v) is 6.31. The summed E-state index contributed by atoms with van der Waals surface area (Å²) in [6.07, 6.45) is 6.32. The highest BCUT2D eigenvalue weighted by Gasteiger charge is 2.22. The van der Waals surface area contributed by atoms with E-state index < -0.39 is 5.97 Å². The van der Waals surface area contributed by atoms with Crippen LogP contribution in [-0.2, 0) is 6.42 Å². The zero-order valence-electron chi connectivity index (χ0n) is 13.5. The number of carboxylic acid groups (broad SMARTS) is 1. The standard InChI is InChI=1S/C17H26N2O2S/c1-5-10-19(11-6-2)12-9-14-18-15(13(7-3)8-4)16(22-14)17(20)21/h5-6,13H,1-2,7-12H2,3-4H3,(H,20,21). The molecule has 1 rings (SSSR count). The summed E-state index contributed by atoms with van der Waals surface area (Å²) in [5.74, 6) is -0.631. The first-order chi connectivity index (χ1) is 10.6. The molecule has 1 heterocycles. The molecule has 0 saturated heterocycles. The Hall–Kier alpha value is -1.46. The number of thiazole rings is 1. The molecule has 1 aromatic rings. The van der Waals surface area contributed by atoms with Crippen LogP contribution in [0.2, 0.25) is 0 Å². The highest BCUT2D eigenvalue weighted by molar-refractivity contribution is 7.13. The monoisotopic (exact) mass is 322 g/mol. The van der Waals surface area contributed by atoms with Gasteiger partial charge in [-0.15, -0.1) is 24.5 Å². The van der Waals surface area contributed by atoms with Crippen LogP contribution in [0.5, 0.6) is 0 Å². The number of aromatic nitrogens is 1. The average Bonchev–Trinajstić information content (AvgIpc) is 2.91. The molecule has 0 bridgehead atoms. The fourth-order valence-corrected chi connectivity index (χ4v) is 3.44. The molecule has 0 aliphatic rings. The molecular formula is C17H26N2O2S. The van der Waals surface area contributed by atoms with Crippen LogP contribution < -0.4 is 0 Å². The van der Waals surface area contributed by atoms with Crippen LogP contribution in [0, 0.1) is 0 Å². The van der Waals surface area contributed by atoms with Gasteiger partial charge in [0.15, 0.2) is 0 Å². The lowest BCUT2D eigenvalue weighted by Gasteiger charge is -2.17. The first kappa shape index (κ1) is 18.6. The zero-order valence-corrected chi connectivity index (χ0v) is 14.4. The fourth-order valence-electron chi connectivity index (χ4n) is 2.47. The van der Waals surface area contributed by atoms with Crippen LogP contribution in [0.3, 0.4) is 0 Å². The third-order valence-corrected chi connectivity index (χ3v) is 4.80. The van der Waals surface area contributed by atoms with Gasteiger partial charge in [0.1, 0.15) is 4.88 Å². The first-order valence-corrected chi connectivity index (χ1v) is 8.55. The van der Waals surface area contributed by atoms with E-state index >= 15 is 0 Å². The Morgan fingerprint density at radius 3 is 2.36 bits per heavy atom. The minimum absolute atomic E-state index is 0.230. The summed E-state index contributed by atoms with van der Waals surface area (Å²) >= 11 is 1.32. The number of nitrogens with zero attached hydrogens (tertiary/aromatic N) is 2. The minimum atomic E-state index is -0.861. The summed E-state index contributed by atoms with van der Waals surface area (Å²) in [5.41, 5.74) is 0.761. The molecule has 0 unspecified atom stereocenters. The molecule has 0 aliphatic carbocycles. The molecule has 22 heavy (non-hydrogen) atoms. The molecule has 0 aromatic carbocycles. The lowest BCUT2D eigenvalue weighted by molar-refractivity contribution is 0.0700. The summed E-state index contributed by atoms with van der Waals surface area (Å²) in [6, 6.07) is 0. The van der Waals surface area contributed by atoms with Gasteiger partial charge in [-0.3, -0.25) is 4.90 Å². The molecular weight excluding hydrogens is 296 g/mol. The van der Waals surface area contributed by atoms with Crippen molar-refractivity contribution in [3.8, 4) is 0 Å². The van der Waals surface area contributed by atoms with Gasteiger partial charge in [-0.25, -0.2) is 9.78 Å². The van der Waals surface area contributed by atoms with Crippen molar-refractivity contribution in [3.63, 3.8) is 0 Å². The van der Waals surface area contributed by atoms with Crippen molar-refractivity contribution < 1.29 is 9.90 Å². The van der Waals surface area contributed by atoms with Crippen LogP contribution in [0.15, 0.2) is 25.3 Å². The number of hydrogen-bond acceptors (Lipinski definition) is 4. The molecule has 4 nitrogen and oxygen atoms in total. The van der Waals surface area contributed by atoms with E-state index in [9.17, 15) is 9.90 Å². The van der Waals surface area contributed by atoms with Crippen LogP contribution in [0.1, 0.15) is 53.0 Å². The molecule has 0 amide bonds. The number of rotatable bonds is 11. The lowest BCUT2D eigenvalue weighted by Crippen LogP contribution is -2.26. The quantitative estimate of drug-likeness (QED) is 0.627. The van der Waals surface area contributed by atoms with Crippen LogP contribution in [0.25, 0.3) is 0 Å². The van der Waals surface area contributed by atoms with E-state index in [1.165, 1.54) is 11.3 Å². The maximum absolute atomic E-state index is 11.4. The van der Waals surface area contributed by atoms with Gasteiger partial charge in [-0.2, -0.15) is 0 Å². The summed E-state index contributed by atoms with van der Waals surface area (Å²) < 4.78 is 0. The largest absolute Gasteiger partial charge is 0.477 e. The Bertz CT molecular complexity index is 497. The van der Waals surface area contributed by atoms with Gasteiger partial charge < -0.3 is 5.11 Å². The molecule has 1 aromatic heterocycles. The lowest BCUT2D eigenvalue weighted by atomic mass is 9.98. The molecule has 0 spiro atoms. The predicted molar refractivity (Wildman–Crippen MR) is 92.9 cm³/mol. The number of hydrogen-bond donors (Lipinski definition) is 1. The number of carbonyl (C=O) groups is 1. The Morgan fingerprint density at radius 1 is 1.32 bits per heavy atom. The van der Waals surface area contributed by atoms with Crippen LogP contribution in [0.4, 0.5) is 0 Å². The highest BCUT2D eigenvalue weighted by Crippen LogP contribution is 2.30. The summed E-state index contributed by atoms with van der Waals surface area (Å²) in [4.78, 5) is 18.7. The summed E-state index contributed by atoms with van der Waals surface area (Å²) in [5, 5.41) is 10.3. The Balaban J connectivity index is 2.87. The highest BCUT2D eigenvalue weighted by atomic mass is 32.1. The van der Waals surface area contributed by atoms with Gasteiger partial charge in [-0.1, -0.05) is 26.0 Å². The Labute approximate surface area is 137 Å². The second kappa shape index (κ2) is 9.54. The van der Waals surface area contributed by atoms with Crippen LogP contribution >= 0.6 is 11.3 Å². The van der Waals surface area contributed by atoms with Gasteiger partial charge in [0.05, 0.1) is 10.7 Å². The molecule has 122 valence electrons. The van der Waals surface area contributed by atoms with Crippen molar-refractivity contribution in [2.45, 2.75) is 39.0 Å². The predicted octanol–water partition coefficient (Wildman–Crippen LogP) is 3.96. The van der Waals surface area contributed by atoms with Gasteiger partial charge in [0, 0.05) is 32.0 Å². The minimum Gasteiger partial charge on any atom is -0.477 e. The normalized spacial score (nSPS) is 11.1. The molecule has 0 fully saturated rings. The maximum atomic E-state index is 11.4. The van der Waals surface area contributed by atoms with Crippen molar-refractivity contribution in [1.82, 2.24) is 9.88 Å². The number of carboxylic acids is 1. The molecule has 0 saturated carbocycles. The zero-order chi connectivity index (χ0) is 16.5. The third-order valence-electron chi connectivity index (χ3n) is 3.68. The molecule has 0 radical (unpaired) electrons. The SMILES string of the molecule is C=CCN(CC=C)CCc1nc(C(CC)CC)c(C(=O)O)s1.